The molecule has 1 N–H and O–H groups in total. The van der Waals surface area contributed by atoms with E-state index in [0.29, 0.717) is 19.6 Å². The van der Waals surface area contributed by atoms with Gasteiger partial charge in [0.25, 0.3) is 8.32 Å². The van der Waals surface area contributed by atoms with Crippen LogP contribution in [0.3, 0.4) is 0 Å². The van der Waals surface area contributed by atoms with Gasteiger partial charge in [0.1, 0.15) is 5.75 Å². The van der Waals surface area contributed by atoms with Crippen LogP contribution in [-0.2, 0) is 18.8 Å². The van der Waals surface area contributed by atoms with Crippen LogP contribution < -0.4 is 10.4 Å². The summed E-state index contributed by atoms with van der Waals surface area (Å²) in [6.45, 7) is 9.76. The second-order valence-electron chi connectivity index (χ2n) is 14.4. The molecule has 252 valence electrons. The van der Waals surface area contributed by atoms with Gasteiger partial charge >= 0.3 is 0 Å². The van der Waals surface area contributed by atoms with Gasteiger partial charge in [-0.1, -0.05) is 116 Å². The van der Waals surface area contributed by atoms with Crippen LogP contribution in [0, 0.1) is 17.8 Å². The Morgan fingerprint density at radius 2 is 1.65 bits per heavy atom. The zero-order valence-electron chi connectivity index (χ0n) is 28.5. The van der Waals surface area contributed by atoms with Crippen molar-refractivity contribution < 1.29 is 23.9 Å². The molecular weight excluding hydrogens is 682 g/mol. The normalized spacial score (nSPS) is 23.1. The maximum absolute atomic E-state index is 13.5. The summed E-state index contributed by atoms with van der Waals surface area (Å²) in [5.74, 6) is -0.862. The first-order valence-electron chi connectivity index (χ1n) is 17.0. The lowest BCUT2D eigenvalue weighted by atomic mass is 9.69. The Morgan fingerprint density at radius 1 is 1.00 bits per heavy atom. The largest absolute Gasteiger partial charge is 0.507 e. The predicted molar refractivity (Wildman–Crippen MR) is 197 cm³/mol. The van der Waals surface area contributed by atoms with Crippen LogP contribution in [0.2, 0.25) is 5.04 Å². The van der Waals surface area contributed by atoms with Crippen LogP contribution in [0.1, 0.15) is 58.9 Å². The number of allylic oxidation sites excluding steroid dienone is 1. The summed E-state index contributed by atoms with van der Waals surface area (Å²) in [5.41, 5.74) is 4.26. The fourth-order valence-corrected chi connectivity index (χ4v) is 13.2. The van der Waals surface area contributed by atoms with E-state index in [2.05, 4.69) is 98.2 Å². The average Bonchev–Trinajstić information content (AvgIpc) is 3.59. The fourth-order valence-electron chi connectivity index (χ4n) is 8.25. The number of rotatable bonds is 10. The number of imide groups is 1. The molecule has 6 rings (SSSR count). The molecule has 0 saturated carbocycles. The van der Waals surface area contributed by atoms with E-state index in [-0.39, 0.29) is 46.5 Å². The number of aromatic hydroxyl groups is 1. The van der Waals surface area contributed by atoms with Crippen molar-refractivity contribution >= 4 is 52.5 Å². The van der Waals surface area contributed by atoms with Crippen molar-refractivity contribution in [3.05, 3.63) is 106 Å². The number of amides is 2. The second-order valence-corrected chi connectivity index (χ2v) is 19.6. The number of benzene rings is 3. The highest BCUT2D eigenvalue weighted by atomic mass is 79.9. The molecule has 6 nitrogen and oxygen atoms in total. The molecule has 0 bridgehead atoms. The number of halogens is 1. The summed E-state index contributed by atoms with van der Waals surface area (Å²) in [4.78, 5) is 28.2. The number of ether oxygens (including phenoxy) is 1. The monoisotopic (exact) mass is 727 g/mol. The highest BCUT2D eigenvalue weighted by molar-refractivity contribution is 9.10. The van der Waals surface area contributed by atoms with Crippen molar-refractivity contribution in [2.75, 3.05) is 20.3 Å². The highest BCUT2D eigenvalue weighted by Crippen LogP contribution is 2.50. The molecule has 2 fully saturated rings. The third-order valence-corrected chi connectivity index (χ3v) is 16.1. The van der Waals surface area contributed by atoms with Crippen molar-refractivity contribution in [1.82, 2.24) is 4.90 Å². The standard InChI is InChI=1S/C40H46BrNO5Si/c1-6-26(21-27-22-29(41)18-19-34(27)43)17-20-35-36-28(23-32-37(33(36)25-46-35)39(45)42(5)38(32)44)24-47-48(40(2,3)4,30-13-9-7-10-14-30)31-15-11-8-12-16-31/h7-16,18-19,21-22,32-33,35,37,43H,6,17,20,23-25H2,1-5H3/b26-21+/t32-,33+,35-,37-/m1/s1. The van der Waals surface area contributed by atoms with Crippen LogP contribution in [0.4, 0.5) is 0 Å². The Hall–Kier alpha value is -3.30. The van der Waals surface area contributed by atoms with Crippen molar-refractivity contribution in [3.8, 4) is 5.75 Å². The van der Waals surface area contributed by atoms with Crippen LogP contribution >= 0.6 is 15.9 Å². The SMILES string of the molecule is CC/C(=C\c1cc(Br)ccc1O)CC[C@H]1OC[C@H]2C1=C(CO[Si](c1ccccc1)(c1ccccc1)C(C)(C)C)C[C@H]1C(=O)N(C)C(=O)[C@H]12. The first-order valence-corrected chi connectivity index (χ1v) is 19.7. The molecule has 0 unspecified atom stereocenters. The van der Waals surface area contributed by atoms with E-state index in [9.17, 15) is 14.7 Å². The van der Waals surface area contributed by atoms with Gasteiger partial charge in [0.2, 0.25) is 11.8 Å². The third-order valence-electron chi connectivity index (χ3n) is 10.6. The Labute approximate surface area is 294 Å². The van der Waals surface area contributed by atoms with Crippen molar-refractivity contribution in [2.45, 2.75) is 64.5 Å². The van der Waals surface area contributed by atoms with E-state index in [1.54, 1.807) is 13.1 Å². The topological polar surface area (TPSA) is 76.1 Å². The Morgan fingerprint density at radius 3 is 2.25 bits per heavy atom. The molecule has 2 heterocycles. The van der Waals surface area contributed by atoms with Gasteiger partial charge in [-0.05, 0) is 70.4 Å². The summed E-state index contributed by atoms with van der Waals surface area (Å²) < 4.78 is 14.9. The van der Waals surface area contributed by atoms with Gasteiger partial charge < -0.3 is 14.3 Å². The van der Waals surface area contributed by atoms with E-state index < -0.39 is 8.32 Å². The van der Waals surface area contributed by atoms with Gasteiger partial charge in [0, 0.05) is 23.0 Å². The third kappa shape index (κ3) is 6.28. The van der Waals surface area contributed by atoms with Gasteiger partial charge in [0.15, 0.2) is 0 Å². The van der Waals surface area contributed by atoms with E-state index in [0.717, 1.165) is 40.4 Å². The van der Waals surface area contributed by atoms with Gasteiger partial charge in [-0.2, -0.15) is 0 Å². The molecule has 3 aliphatic rings. The summed E-state index contributed by atoms with van der Waals surface area (Å²) >= 11 is 3.52. The number of phenols is 1. The van der Waals surface area contributed by atoms with Gasteiger partial charge in [-0.25, -0.2) is 0 Å². The van der Waals surface area contributed by atoms with Gasteiger partial charge in [-0.15, -0.1) is 0 Å². The summed E-state index contributed by atoms with van der Waals surface area (Å²) in [6, 6.07) is 26.7. The van der Waals surface area contributed by atoms with Crippen molar-refractivity contribution in [1.29, 1.82) is 0 Å². The second kappa shape index (κ2) is 13.9. The Balaban J connectivity index is 1.38. The van der Waals surface area contributed by atoms with Crippen LogP contribution in [0.25, 0.3) is 6.08 Å². The molecule has 0 spiro atoms. The van der Waals surface area contributed by atoms with E-state index >= 15 is 0 Å². The molecule has 8 heteroatoms. The van der Waals surface area contributed by atoms with Gasteiger partial charge in [0.05, 0.1) is 31.2 Å². The molecule has 4 atom stereocenters. The molecule has 0 aromatic heterocycles. The maximum atomic E-state index is 13.5. The predicted octanol–water partition coefficient (Wildman–Crippen LogP) is 7.25. The van der Waals surface area contributed by atoms with Crippen LogP contribution in [-0.4, -0.2) is 56.5 Å². The zero-order valence-corrected chi connectivity index (χ0v) is 31.1. The number of hydrogen-bond acceptors (Lipinski definition) is 5. The molecule has 1 aliphatic carbocycles. The maximum Gasteiger partial charge on any atom is 0.261 e. The van der Waals surface area contributed by atoms with Crippen LogP contribution in [0.5, 0.6) is 5.75 Å². The molecule has 0 radical (unpaired) electrons. The smallest absolute Gasteiger partial charge is 0.261 e. The molecule has 2 amide bonds. The Bertz CT molecular complexity index is 1690. The van der Waals surface area contributed by atoms with Crippen LogP contribution in [0.15, 0.2) is 100 Å². The lowest BCUT2D eigenvalue weighted by Gasteiger charge is -2.44. The molecular formula is C40H46BrNO5Si. The van der Waals surface area contributed by atoms with Crippen molar-refractivity contribution in [3.63, 3.8) is 0 Å². The molecule has 48 heavy (non-hydrogen) atoms. The average molecular weight is 729 g/mol. The molecule has 2 aliphatic heterocycles. The van der Waals surface area contributed by atoms with Gasteiger partial charge in [-0.3, -0.25) is 14.5 Å². The highest BCUT2D eigenvalue weighted by Gasteiger charge is 2.57. The first kappa shape index (κ1) is 34.6. The number of hydrogen-bond donors (Lipinski definition) is 1. The molecule has 2 saturated heterocycles. The summed E-state index contributed by atoms with van der Waals surface area (Å²) in [5, 5.41) is 12.7. The Kier molecular flexibility index (Phi) is 10.0. The molecule has 3 aromatic carbocycles. The number of phenolic OH excluding ortho intramolecular Hbond substituents is 1. The van der Waals surface area contributed by atoms with E-state index in [1.807, 2.05) is 24.3 Å². The van der Waals surface area contributed by atoms with E-state index in [4.69, 9.17) is 9.16 Å². The number of fused-ring (bicyclic) bond motifs is 3. The lowest BCUT2D eigenvalue weighted by Crippen LogP contribution is -2.66. The number of likely N-dealkylation sites (tertiary alicyclic amines) is 1. The number of carbonyl (C=O) groups excluding carboxylic acids is 2. The minimum atomic E-state index is -2.85. The summed E-state index contributed by atoms with van der Waals surface area (Å²) in [7, 11) is -1.23. The number of nitrogens with zero attached hydrogens (tertiary/aromatic N) is 1. The minimum Gasteiger partial charge on any atom is -0.507 e. The fraction of sp³-hybridized carbons (Fsp3) is 0.400. The van der Waals surface area contributed by atoms with E-state index in [1.165, 1.54) is 20.8 Å². The minimum absolute atomic E-state index is 0.0945. The van der Waals surface area contributed by atoms with Crippen molar-refractivity contribution in [2.24, 2.45) is 17.8 Å². The molecule has 3 aromatic rings. The zero-order chi connectivity index (χ0) is 34.2. The summed E-state index contributed by atoms with van der Waals surface area (Å²) in [6.07, 6.45) is 4.78. The first-order chi connectivity index (χ1) is 23.0. The number of carbonyl (C=O) groups is 2. The lowest BCUT2D eigenvalue weighted by molar-refractivity contribution is -0.138. The quantitative estimate of drug-likeness (QED) is 0.135.